The Balaban J connectivity index is 1.56. The largest absolute Gasteiger partial charge is 0.341 e. The number of carbonyl (C=O) groups is 1. The van der Waals surface area contributed by atoms with E-state index in [1.807, 2.05) is 36.5 Å². The van der Waals surface area contributed by atoms with Crippen molar-refractivity contribution in [3.05, 3.63) is 83.7 Å². The number of hydrogen-bond acceptors (Lipinski definition) is 2. The van der Waals surface area contributed by atoms with Gasteiger partial charge in [0.05, 0.1) is 11.9 Å². The van der Waals surface area contributed by atoms with Gasteiger partial charge in [-0.25, -0.2) is 13.5 Å². The predicted octanol–water partition coefficient (Wildman–Crippen LogP) is 3.74. The number of halogens is 2. The molecule has 4 nitrogen and oxygen atoms in total. The van der Waals surface area contributed by atoms with E-state index in [1.165, 1.54) is 17.0 Å². The Hall–Kier alpha value is -3.02. The van der Waals surface area contributed by atoms with Crippen LogP contribution in [0.2, 0.25) is 0 Å². The Kier molecular flexibility index (Phi) is 5.41. The summed E-state index contributed by atoms with van der Waals surface area (Å²) in [6.45, 7) is 0.105. The van der Waals surface area contributed by atoms with Crippen LogP contribution < -0.4 is 0 Å². The minimum atomic E-state index is -0.645. The Morgan fingerprint density at radius 1 is 1.15 bits per heavy atom. The fourth-order valence-corrected chi connectivity index (χ4v) is 2.65. The van der Waals surface area contributed by atoms with E-state index >= 15 is 0 Å². The van der Waals surface area contributed by atoms with Crippen molar-refractivity contribution in [3.63, 3.8) is 0 Å². The van der Waals surface area contributed by atoms with Crippen LogP contribution in [0.4, 0.5) is 8.78 Å². The maximum atomic E-state index is 13.7. The molecule has 0 fully saturated rings. The summed E-state index contributed by atoms with van der Waals surface area (Å²) in [6, 6.07) is 13.1. The van der Waals surface area contributed by atoms with E-state index in [0.29, 0.717) is 18.4 Å². The zero-order chi connectivity index (χ0) is 18.5. The molecule has 0 radical (unpaired) electrons. The monoisotopic (exact) mass is 355 g/mol. The Morgan fingerprint density at radius 3 is 2.65 bits per heavy atom. The minimum Gasteiger partial charge on any atom is -0.341 e. The van der Waals surface area contributed by atoms with Gasteiger partial charge in [0, 0.05) is 37.8 Å². The number of rotatable bonds is 6. The van der Waals surface area contributed by atoms with E-state index in [4.69, 9.17) is 0 Å². The second kappa shape index (κ2) is 7.91. The van der Waals surface area contributed by atoms with Gasteiger partial charge in [-0.1, -0.05) is 24.3 Å². The summed E-state index contributed by atoms with van der Waals surface area (Å²) < 4.78 is 28.4. The molecule has 134 valence electrons. The van der Waals surface area contributed by atoms with Crippen LogP contribution in [0.3, 0.4) is 0 Å². The highest BCUT2D eigenvalue weighted by molar-refractivity contribution is 5.76. The highest BCUT2D eigenvalue weighted by Gasteiger charge is 2.13. The fraction of sp³-hybridized carbons (Fsp3) is 0.200. The van der Waals surface area contributed by atoms with E-state index in [1.54, 1.807) is 17.9 Å². The lowest BCUT2D eigenvalue weighted by Gasteiger charge is -2.17. The van der Waals surface area contributed by atoms with Crippen molar-refractivity contribution in [2.75, 3.05) is 7.05 Å². The normalized spacial score (nSPS) is 10.7. The van der Waals surface area contributed by atoms with Gasteiger partial charge in [-0.15, -0.1) is 0 Å². The number of benzene rings is 2. The highest BCUT2D eigenvalue weighted by Crippen LogP contribution is 2.13. The smallest absolute Gasteiger partial charge is 0.222 e. The van der Waals surface area contributed by atoms with Crippen molar-refractivity contribution in [1.82, 2.24) is 14.7 Å². The zero-order valence-corrected chi connectivity index (χ0v) is 14.4. The van der Waals surface area contributed by atoms with E-state index in [9.17, 15) is 13.6 Å². The average Bonchev–Trinajstić information content (AvgIpc) is 3.11. The number of hydrogen-bond donors (Lipinski definition) is 0. The lowest BCUT2D eigenvalue weighted by Crippen LogP contribution is -2.26. The van der Waals surface area contributed by atoms with E-state index < -0.39 is 11.6 Å². The van der Waals surface area contributed by atoms with Crippen LogP contribution >= 0.6 is 0 Å². The summed E-state index contributed by atoms with van der Waals surface area (Å²) in [5.74, 6) is -1.38. The molecule has 26 heavy (non-hydrogen) atoms. The Bertz CT molecular complexity index is 893. The van der Waals surface area contributed by atoms with Crippen molar-refractivity contribution in [2.45, 2.75) is 19.4 Å². The first-order chi connectivity index (χ1) is 12.5. The van der Waals surface area contributed by atoms with Crippen LogP contribution in [0.5, 0.6) is 0 Å². The molecule has 0 saturated heterocycles. The molecule has 0 bridgehead atoms. The highest BCUT2D eigenvalue weighted by atomic mass is 19.1. The van der Waals surface area contributed by atoms with Gasteiger partial charge in [-0.05, 0) is 30.2 Å². The van der Waals surface area contributed by atoms with Crippen molar-refractivity contribution in [2.24, 2.45) is 0 Å². The molecule has 1 heterocycles. The molecule has 0 aliphatic heterocycles. The van der Waals surface area contributed by atoms with Crippen LogP contribution in [0, 0.1) is 11.6 Å². The third-order valence-electron chi connectivity index (χ3n) is 4.13. The van der Waals surface area contributed by atoms with Crippen molar-refractivity contribution in [1.29, 1.82) is 0 Å². The van der Waals surface area contributed by atoms with Gasteiger partial charge in [-0.2, -0.15) is 5.10 Å². The van der Waals surface area contributed by atoms with Crippen molar-refractivity contribution < 1.29 is 13.6 Å². The summed E-state index contributed by atoms with van der Waals surface area (Å²) in [6.07, 6.45) is 4.46. The molecular formula is C20H19F2N3O. The van der Waals surface area contributed by atoms with Crippen molar-refractivity contribution >= 4 is 5.91 Å². The fourth-order valence-electron chi connectivity index (χ4n) is 2.65. The van der Waals surface area contributed by atoms with Gasteiger partial charge in [-0.3, -0.25) is 4.79 Å². The summed E-state index contributed by atoms with van der Waals surface area (Å²) in [5.41, 5.74) is 2.19. The van der Waals surface area contributed by atoms with Crippen LogP contribution in [-0.2, 0) is 17.8 Å². The summed E-state index contributed by atoms with van der Waals surface area (Å²) in [7, 11) is 1.61. The SMILES string of the molecule is CN(Cc1ccc(F)cc1F)C(=O)CCc1cnn(-c2ccccc2)c1. The molecule has 0 aliphatic rings. The molecule has 0 atom stereocenters. The maximum Gasteiger partial charge on any atom is 0.222 e. The summed E-state index contributed by atoms with van der Waals surface area (Å²) >= 11 is 0. The van der Waals surface area contributed by atoms with E-state index in [-0.39, 0.29) is 12.5 Å². The van der Waals surface area contributed by atoms with Gasteiger partial charge >= 0.3 is 0 Å². The Labute approximate surface area is 150 Å². The second-order valence-electron chi connectivity index (χ2n) is 6.11. The molecule has 6 heteroatoms. The molecule has 0 aliphatic carbocycles. The lowest BCUT2D eigenvalue weighted by atomic mass is 10.1. The third kappa shape index (κ3) is 4.33. The van der Waals surface area contributed by atoms with Gasteiger partial charge in [0.15, 0.2) is 0 Å². The first-order valence-corrected chi connectivity index (χ1v) is 8.30. The molecule has 2 aromatic carbocycles. The molecule has 0 unspecified atom stereocenters. The molecule has 3 aromatic rings. The van der Waals surface area contributed by atoms with Crippen LogP contribution in [-0.4, -0.2) is 27.6 Å². The van der Waals surface area contributed by atoms with Gasteiger partial charge in [0.2, 0.25) is 5.91 Å². The minimum absolute atomic E-state index is 0.105. The number of para-hydroxylation sites is 1. The standard InChI is InChI=1S/C20H19F2N3O/c1-24(14-16-8-9-17(21)11-19(16)22)20(26)10-7-15-12-23-25(13-15)18-5-3-2-4-6-18/h2-6,8-9,11-13H,7,10,14H2,1H3. The van der Waals surface area contributed by atoms with Crippen LogP contribution in [0.1, 0.15) is 17.5 Å². The van der Waals surface area contributed by atoms with Gasteiger partial charge in [0.1, 0.15) is 11.6 Å². The molecule has 0 saturated carbocycles. The second-order valence-corrected chi connectivity index (χ2v) is 6.11. The predicted molar refractivity (Wildman–Crippen MR) is 94.7 cm³/mol. The number of aromatic nitrogens is 2. The average molecular weight is 355 g/mol. The van der Waals surface area contributed by atoms with Crippen molar-refractivity contribution in [3.8, 4) is 5.69 Å². The zero-order valence-electron chi connectivity index (χ0n) is 14.4. The quantitative estimate of drug-likeness (QED) is 0.676. The first kappa shape index (κ1) is 17.8. The molecule has 1 amide bonds. The summed E-state index contributed by atoms with van der Waals surface area (Å²) in [5, 5.41) is 4.30. The lowest BCUT2D eigenvalue weighted by molar-refractivity contribution is -0.130. The molecule has 0 N–H and O–H groups in total. The number of aryl methyl sites for hydroxylation is 1. The van der Waals surface area contributed by atoms with E-state index in [0.717, 1.165) is 17.3 Å². The first-order valence-electron chi connectivity index (χ1n) is 8.30. The number of amides is 1. The van der Waals surface area contributed by atoms with Crippen LogP contribution in [0.15, 0.2) is 60.9 Å². The molecule has 1 aromatic heterocycles. The topological polar surface area (TPSA) is 38.1 Å². The van der Waals surface area contributed by atoms with E-state index in [2.05, 4.69) is 5.10 Å². The van der Waals surface area contributed by atoms with Crippen LogP contribution in [0.25, 0.3) is 5.69 Å². The molecular weight excluding hydrogens is 336 g/mol. The van der Waals surface area contributed by atoms with Gasteiger partial charge in [0.25, 0.3) is 0 Å². The van der Waals surface area contributed by atoms with Gasteiger partial charge < -0.3 is 4.90 Å². The number of nitrogens with zero attached hydrogens (tertiary/aromatic N) is 3. The number of carbonyl (C=O) groups excluding carboxylic acids is 1. The molecule has 0 spiro atoms. The molecule has 3 rings (SSSR count). The Morgan fingerprint density at radius 2 is 1.92 bits per heavy atom. The third-order valence-corrected chi connectivity index (χ3v) is 4.13. The summed E-state index contributed by atoms with van der Waals surface area (Å²) in [4.78, 5) is 13.7. The maximum absolute atomic E-state index is 13.7.